The van der Waals surface area contributed by atoms with Crippen LogP contribution in [0.2, 0.25) is 0 Å². The van der Waals surface area contributed by atoms with Crippen LogP contribution in [0.1, 0.15) is 61.3 Å². The van der Waals surface area contributed by atoms with Gasteiger partial charge in [-0.05, 0) is 50.7 Å². The van der Waals surface area contributed by atoms with Gasteiger partial charge in [-0.2, -0.15) is 0 Å². The highest BCUT2D eigenvalue weighted by Gasteiger charge is 2.45. The molecule has 0 spiro atoms. The standard InChI is InChI=1S/C29H41BN4O6/c1-9-39-23-14-21(17-10-11-20(38-8)24(30)25(17)32-23)40-16-12-19(26(31)36)34(15-16)27(37)18(28(2,3)4)13-22(35)33-29(5,6)7/h10-11,14,16,18-19H,9,12-13,15H2,1-8H3,(H2,31,36)(H,33,35)/t16-,18-,19+/m1/s1. The number of hydrogen-bond donors (Lipinski definition) is 2. The molecule has 1 aliphatic heterocycles. The number of primary amides is 1. The number of nitrogens with one attached hydrogen (secondary N) is 1. The summed E-state index contributed by atoms with van der Waals surface area (Å²) in [4.78, 5) is 45.2. The fourth-order valence-electron chi connectivity index (χ4n) is 4.93. The van der Waals surface area contributed by atoms with Crippen LogP contribution in [0.5, 0.6) is 17.4 Å². The molecule has 3 rings (SSSR count). The van der Waals surface area contributed by atoms with Crippen LogP contribution < -0.4 is 30.7 Å². The van der Waals surface area contributed by atoms with E-state index in [1.807, 2.05) is 48.5 Å². The number of carbonyl (C=O) groups is 3. The van der Waals surface area contributed by atoms with E-state index in [0.717, 1.165) is 0 Å². The number of pyridine rings is 1. The highest BCUT2D eigenvalue weighted by Crippen LogP contribution is 2.36. The van der Waals surface area contributed by atoms with E-state index >= 15 is 0 Å². The number of likely N-dealkylation sites (tertiary alicyclic amines) is 1. The molecule has 1 aromatic heterocycles. The number of carbonyl (C=O) groups excluding carboxylic acids is 3. The Labute approximate surface area is 237 Å². The van der Waals surface area contributed by atoms with Gasteiger partial charge in [0.05, 0.1) is 31.7 Å². The van der Waals surface area contributed by atoms with E-state index in [-0.39, 0.29) is 31.2 Å². The third-order valence-electron chi connectivity index (χ3n) is 6.85. The zero-order chi connectivity index (χ0) is 30.0. The van der Waals surface area contributed by atoms with Gasteiger partial charge in [0, 0.05) is 29.8 Å². The van der Waals surface area contributed by atoms with Gasteiger partial charge in [0.1, 0.15) is 31.5 Å². The largest absolute Gasteiger partial charge is 0.497 e. The molecule has 3 atom stereocenters. The van der Waals surface area contributed by atoms with E-state index in [9.17, 15) is 14.4 Å². The molecule has 1 aromatic carbocycles. The summed E-state index contributed by atoms with van der Waals surface area (Å²) in [6.07, 6.45) is -0.360. The molecule has 2 heterocycles. The SMILES string of the molecule is [B]c1c(OC)ccc2c(O[C@@H]3C[C@@H](C(N)=O)N(C(=O)[C@@H](CC(=O)NC(C)(C)C)C(C)(C)C)C3)cc(OCC)nc12. The first-order valence-corrected chi connectivity index (χ1v) is 13.5. The van der Waals surface area contributed by atoms with E-state index in [2.05, 4.69) is 10.3 Å². The van der Waals surface area contributed by atoms with Crippen molar-refractivity contribution in [3.8, 4) is 17.4 Å². The normalized spacial score (nSPS) is 18.4. The highest BCUT2D eigenvalue weighted by molar-refractivity contribution is 6.40. The number of fused-ring (bicyclic) bond motifs is 1. The summed E-state index contributed by atoms with van der Waals surface area (Å²) in [6.45, 7) is 13.7. The number of methoxy groups -OCH3 is 1. The monoisotopic (exact) mass is 552 g/mol. The molecule has 216 valence electrons. The Balaban J connectivity index is 1.93. The molecule has 11 heteroatoms. The molecule has 3 amide bonds. The topological polar surface area (TPSA) is 133 Å². The Morgan fingerprint density at radius 1 is 1.18 bits per heavy atom. The van der Waals surface area contributed by atoms with E-state index in [0.29, 0.717) is 40.4 Å². The van der Waals surface area contributed by atoms with Crippen LogP contribution in [0.15, 0.2) is 18.2 Å². The lowest BCUT2D eigenvalue weighted by Crippen LogP contribution is -2.50. The average molecular weight is 552 g/mol. The van der Waals surface area contributed by atoms with Crippen molar-refractivity contribution >= 4 is 41.9 Å². The first-order chi connectivity index (χ1) is 18.6. The van der Waals surface area contributed by atoms with E-state index in [1.165, 1.54) is 12.0 Å². The molecule has 1 fully saturated rings. The number of amides is 3. The highest BCUT2D eigenvalue weighted by atomic mass is 16.5. The summed E-state index contributed by atoms with van der Waals surface area (Å²) in [6, 6.07) is 4.30. The Morgan fingerprint density at radius 3 is 2.40 bits per heavy atom. The molecule has 0 unspecified atom stereocenters. The van der Waals surface area contributed by atoms with Crippen molar-refractivity contribution in [3.63, 3.8) is 0 Å². The maximum absolute atomic E-state index is 13.9. The summed E-state index contributed by atoms with van der Waals surface area (Å²) in [5.41, 5.74) is 5.56. The zero-order valence-electron chi connectivity index (χ0n) is 24.8. The lowest BCUT2D eigenvalue weighted by Gasteiger charge is -2.35. The van der Waals surface area contributed by atoms with Gasteiger partial charge in [-0.15, -0.1) is 0 Å². The lowest BCUT2D eigenvalue weighted by molar-refractivity contribution is -0.146. The molecule has 3 N–H and O–H groups in total. The summed E-state index contributed by atoms with van der Waals surface area (Å²) in [5.74, 6) is -0.612. The smallest absolute Gasteiger partial charge is 0.240 e. The van der Waals surface area contributed by atoms with Gasteiger partial charge in [-0.25, -0.2) is 4.98 Å². The third kappa shape index (κ3) is 7.17. The number of benzene rings is 1. The molecular formula is C29H41BN4O6. The number of nitrogens with two attached hydrogens (primary N) is 1. The summed E-state index contributed by atoms with van der Waals surface area (Å²) < 4.78 is 17.4. The van der Waals surface area contributed by atoms with Gasteiger partial charge in [0.25, 0.3) is 0 Å². The minimum absolute atomic E-state index is 0.0130. The van der Waals surface area contributed by atoms with E-state index in [4.69, 9.17) is 27.8 Å². The summed E-state index contributed by atoms with van der Waals surface area (Å²) in [7, 11) is 7.82. The van der Waals surface area contributed by atoms with Gasteiger partial charge in [-0.3, -0.25) is 14.4 Å². The van der Waals surface area contributed by atoms with Crippen LogP contribution in [0.25, 0.3) is 10.9 Å². The van der Waals surface area contributed by atoms with Crippen LogP contribution in [0.3, 0.4) is 0 Å². The van der Waals surface area contributed by atoms with Crippen molar-refractivity contribution in [1.29, 1.82) is 0 Å². The molecule has 2 aromatic rings. The van der Waals surface area contributed by atoms with Gasteiger partial charge >= 0.3 is 0 Å². The average Bonchev–Trinajstić information content (AvgIpc) is 3.25. The number of aromatic nitrogens is 1. The molecule has 0 saturated carbocycles. The van der Waals surface area contributed by atoms with E-state index in [1.54, 1.807) is 18.2 Å². The van der Waals surface area contributed by atoms with Gasteiger partial charge < -0.3 is 30.2 Å². The van der Waals surface area contributed by atoms with Crippen molar-refractivity contribution in [2.24, 2.45) is 17.1 Å². The number of nitrogens with zero attached hydrogens (tertiary/aromatic N) is 2. The fraction of sp³-hybridized carbons (Fsp3) is 0.586. The van der Waals surface area contributed by atoms with Crippen LogP contribution in [0, 0.1) is 11.3 Å². The maximum Gasteiger partial charge on any atom is 0.240 e. The van der Waals surface area contributed by atoms with Crippen LogP contribution in [0.4, 0.5) is 0 Å². The second-order valence-corrected chi connectivity index (χ2v) is 12.3. The Bertz CT molecular complexity index is 1270. The molecule has 1 saturated heterocycles. The molecule has 0 bridgehead atoms. The van der Waals surface area contributed by atoms with Crippen molar-refractivity contribution in [3.05, 3.63) is 18.2 Å². The van der Waals surface area contributed by atoms with Gasteiger partial charge in [0.15, 0.2) is 0 Å². The van der Waals surface area contributed by atoms with Crippen molar-refractivity contribution in [2.45, 2.75) is 79.0 Å². The van der Waals surface area contributed by atoms with Crippen LogP contribution in [-0.4, -0.2) is 73.4 Å². The number of rotatable bonds is 9. The number of ether oxygens (including phenoxy) is 3. The minimum Gasteiger partial charge on any atom is -0.497 e. The Hall–Kier alpha value is -3.50. The molecule has 2 radical (unpaired) electrons. The van der Waals surface area contributed by atoms with Crippen molar-refractivity contribution < 1.29 is 28.6 Å². The summed E-state index contributed by atoms with van der Waals surface area (Å²) in [5, 5.41) is 3.56. The van der Waals surface area contributed by atoms with E-state index < -0.39 is 34.9 Å². The molecule has 1 aliphatic rings. The molecule has 0 aliphatic carbocycles. The summed E-state index contributed by atoms with van der Waals surface area (Å²) >= 11 is 0. The quantitative estimate of drug-likeness (QED) is 0.456. The molecule has 40 heavy (non-hydrogen) atoms. The molecular weight excluding hydrogens is 511 g/mol. The first-order valence-electron chi connectivity index (χ1n) is 13.5. The zero-order valence-corrected chi connectivity index (χ0v) is 24.8. The van der Waals surface area contributed by atoms with Gasteiger partial charge in [-0.1, -0.05) is 20.8 Å². The predicted octanol–water partition coefficient (Wildman–Crippen LogP) is 2.24. The lowest BCUT2D eigenvalue weighted by atomic mass is 9.77. The first kappa shape index (κ1) is 31.0. The Kier molecular flexibility index (Phi) is 9.26. The molecule has 10 nitrogen and oxygen atoms in total. The second kappa shape index (κ2) is 11.9. The minimum atomic E-state index is -0.877. The van der Waals surface area contributed by atoms with Crippen molar-refractivity contribution in [2.75, 3.05) is 20.3 Å². The fourth-order valence-corrected chi connectivity index (χ4v) is 4.93. The van der Waals surface area contributed by atoms with Crippen LogP contribution >= 0.6 is 0 Å². The second-order valence-electron chi connectivity index (χ2n) is 12.3. The van der Waals surface area contributed by atoms with Gasteiger partial charge in [0.2, 0.25) is 23.6 Å². The number of hydrogen-bond acceptors (Lipinski definition) is 7. The van der Waals surface area contributed by atoms with Crippen molar-refractivity contribution in [1.82, 2.24) is 15.2 Å². The maximum atomic E-state index is 13.9. The van der Waals surface area contributed by atoms with Crippen LogP contribution in [-0.2, 0) is 14.4 Å². The predicted molar refractivity (Wildman–Crippen MR) is 154 cm³/mol. The third-order valence-corrected chi connectivity index (χ3v) is 6.85. The Morgan fingerprint density at radius 2 is 1.85 bits per heavy atom.